The molecule has 3 nitrogen and oxygen atoms in total. The van der Waals surface area contributed by atoms with Crippen LogP contribution in [0.4, 0.5) is 5.69 Å². The topological polar surface area (TPSA) is 30.5 Å². The van der Waals surface area contributed by atoms with Crippen LogP contribution < -0.4 is 10.1 Å². The Morgan fingerprint density at radius 1 is 1.41 bits per heavy atom. The molecule has 0 amide bonds. The van der Waals surface area contributed by atoms with Crippen molar-refractivity contribution in [3.63, 3.8) is 0 Å². The summed E-state index contributed by atoms with van der Waals surface area (Å²) in [6, 6.07) is 6.47. The summed E-state index contributed by atoms with van der Waals surface area (Å²) < 4.78 is 11.5. The van der Waals surface area contributed by atoms with E-state index in [1.165, 1.54) is 12.8 Å². The van der Waals surface area contributed by atoms with E-state index in [0.29, 0.717) is 6.04 Å². The molecule has 1 fully saturated rings. The first-order chi connectivity index (χ1) is 8.24. The van der Waals surface area contributed by atoms with E-state index in [0.717, 1.165) is 28.4 Å². The lowest BCUT2D eigenvalue weighted by Crippen LogP contribution is -2.27. The fourth-order valence-electron chi connectivity index (χ4n) is 1.94. The van der Waals surface area contributed by atoms with Crippen molar-refractivity contribution < 1.29 is 9.47 Å². The molecule has 1 aromatic carbocycles. The molecule has 0 radical (unpaired) electrons. The minimum atomic E-state index is 0.408. The standard InChI is InChI=1S/C13H18BrNO2/c1-16-8-12(9-3-4-9)15-10-5-6-11(14)13(7-10)17-2/h5-7,9,12,15H,3-4,8H2,1-2H3. The van der Waals surface area contributed by atoms with Crippen LogP contribution in [0.3, 0.4) is 0 Å². The van der Waals surface area contributed by atoms with Crippen molar-refractivity contribution >= 4 is 21.6 Å². The summed E-state index contributed by atoms with van der Waals surface area (Å²) in [5, 5.41) is 3.52. The van der Waals surface area contributed by atoms with Crippen molar-refractivity contribution in [3.8, 4) is 5.75 Å². The predicted molar refractivity (Wildman–Crippen MR) is 72.7 cm³/mol. The minimum absolute atomic E-state index is 0.408. The third-order valence-corrected chi connectivity index (χ3v) is 3.70. The quantitative estimate of drug-likeness (QED) is 0.874. The highest BCUT2D eigenvalue weighted by molar-refractivity contribution is 9.10. The average molecular weight is 300 g/mol. The molecule has 0 bridgehead atoms. The van der Waals surface area contributed by atoms with Gasteiger partial charge in [0.2, 0.25) is 0 Å². The number of nitrogens with one attached hydrogen (secondary N) is 1. The molecule has 4 heteroatoms. The molecule has 2 rings (SSSR count). The Bertz CT molecular complexity index is 380. The highest BCUT2D eigenvalue weighted by Gasteiger charge is 2.31. The summed E-state index contributed by atoms with van der Waals surface area (Å²) in [6.45, 7) is 0.753. The zero-order valence-electron chi connectivity index (χ0n) is 10.2. The van der Waals surface area contributed by atoms with Gasteiger partial charge >= 0.3 is 0 Å². The van der Waals surface area contributed by atoms with E-state index in [2.05, 4.69) is 27.3 Å². The molecular weight excluding hydrogens is 282 g/mol. The Morgan fingerprint density at radius 3 is 2.76 bits per heavy atom. The molecule has 1 aliphatic carbocycles. The first-order valence-electron chi connectivity index (χ1n) is 5.83. The van der Waals surface area contributed by atoms with E-state index >= 15 is 0 Å². The SMILES string of the molecule is COCC(Nc1ccc(Br)c(OC)c1)C1CC1. The predicted octanol–water partition coefficient (Wildman–Crippen LogP) is 3.29. The molecule has 0 heterocycles. The van der Waals surface area contributed by atoms with E-state index in [1.54, 1.807) is 14.2 Å². The van der Waals surface area contributed by atoms with Crippen LogP contribution in [-0.2, 0) is 4.74 Å². The van der Waals surface area contributed by atoms with E-state index in [4.69, 9.17) is 9.47 Å². The number of halogens is 1. The van der Waals surface area contributed by atoms with Crippen molar-refractivity contribution in [1.82, 2.24) is 0 Å². The van der Waals surface area contributed by atoms with Gasteiger partial charge in [0.15, 0.2) is 0 Å². The van der Waals surface area contributed by atoms with Crippen molar-refractivity contribution in [2.45, 2.75) is 18.9 Å². The van der Waals surface area contributed by atoms with Crippen LogP contribution in [-0.4, -0.2) is 26.9 Å². The van der Waals surface area contributed by atoms with E-state index in [-0.39, 0.29) is 0 Å². The fourth-order valence-corrected chi connectivity index (χ4v) is 2.35. The average Bonchev–Trinajstić information content (AvgIpc) is 3.15. The largest absolute Gasteiger partial charge is 0.495 e. The fraction of sp³-hybridized carbons (Fsp3) is 0.538. The molecular formula is C13H18BrNO2. The van der Waals surface area contributed by atoms with E-state index in [1.807, 2.05) is 12.1 Å². The first-order valence-corrected chi connectivity index (χ1v) is 6.63. The highest BCUT2D eigenvalue weighted by atomic mass is 79.9. The Labute approximate surface area is 111 Å². The Balaban J connectivity index is 2.05. The van der Waals surface area contributed by atoms with Gasteiger partial charge in [0, 0.05) is 18.9 Å². The first kappa shape index (κ1) is 12.7. The van der Waals surface area contributed by atoms with Crippen molar-refractivity contribution in [2.24, 2.45) is 5.92 Å². The van der Waals surface area contributed by atoms with Gasteiger partial charge in [-0.1, -0.05) is 0 Å². The number of ether oxygens (including phenoxy) is 2. The lowest BCUT2D eigenvalue weighted by molar-refractivity contribution is 0.179. The van der Waals surface area contributed by atoms with E-state index < -0.39 is 0 Å². The van der Waals surface area contributed by atoms with Gasteiger partial charge in [0.1, 0.15) is 5.75 Å². The van der Waals surface area contributed by atoms with Gasteiger partial charge in [-0.05, 0) is 46.8 Å². The molecule has 17 heavy (non-hydrogen) atoms. The van der Waals surface area contributed by atoms with Gasteiger partial charge in [-0.25, -0.2) is 0 Å². The summed E-state index contributed by atoms with van der Waals surface area (Å²) in [5.41, 5.74) is 1.08. The maximum absolute atomic E-state index is 5.29. The van der Waals surface area contributed by atoms with Gasteiger partial charge < -0.3 is 14.8 Å². The summed E-state index contributed by atoms with van der Waals surface area (Å²) in [5.74, 6) is 1.60. The summed E-state index contributed by atoms with van der Waals surface area (Å²) in [7, 11) is 3.43. The molecule has 1 unspecified atom stereocenters. The van der Waals surface area contributed by atoms with Crippen LogP contribution in [0.15, 0.2) is 22.7 Å². The second kappa shape index (κ2) is 5.74. The molecule has 1 aromatic rings. The Hall–Kier alpha value is -0.740. The summed E-state index contributed by atoms with van der Waals surface area (Å²) >= 11 is 3.45. The monoisotopic (exact) mass is 299 g/mol. The van der Waals surface area contributed by atoms with Crippen molar-refractivity contribution in [1.29, 1.82) is 0 Å². The normalized spacial score (nSPS) is 16.6. The molecule has 0 spiro atoms. The number of anilines is 1. The highest BCUT2D eigenvalue weighted by Crippen LogP contribution is 2.35. The maximum atomic E-state index is 5.29. The van der Waals surface area contributed by atoms with Crippen LogP contribution in [0, 0.1) is 5.92 Å². The zero-order valence-corrected chi connectivity index (χ0v) is 11.8. The number of methoxy groups -OCH3 is 2. The zero-order chi connectivity index (χ0) is 12.3. The van der Waals surface area contributed by atoms with Crippen LogP contribution in [0.1, 0.15) is 12.8 Å². The second-order valence-corrected chi connectivity index (χ2v) is 5.25. The van der Waals surface area contributed by atoms with Crippen molar-refractivity contribution in [3.05, 3.63) is 22.7 Å². The van der Waals surface area contributed by atoms with Crippen LogP contribution in [0.2, 0.25) is 0 Å². The number of benzene rings is 1. The smallest absolute Gasteiger partial charge is 0.135 e. The number of hydrogen-bond donors (Lipinski definition) is 1. The maximum Gasteiger partial charge on any atom is 0.135 e. The van der Waals surface area contributed by atoms with Gasteiger partial charge in [-0.15, -0.1) is 0 Å². The molecule has 0 aliphatic heterocycles. The number of hydrogen-bond acceptors (Lipinski definition) is 3. The second-order valence-electron chi connectivity index (χ2n) is 4.39. The molecule has 0 saturated heterocycles. The summed E-state index contributed by atoms with van der Waals surface area (Å²) in [4.78, 5) is 0. The van der Waals surface area contributed by atoms with Crippen molar-refractivity contribution in [2.75, 3.05) is 26.1 Å². The minimum Gasteiger partial charge on any atom is -0.495 e. The van der Waals surface area contributed by atoms with Gasteiger partial charge in [0.25, 0.3) is 0 Å². The van der Waals surface area contributed by atoms with Gasteiger partial charge in [0.05, 0.1) is 24.2 Å². The lowest BCUT2D eigenvalue weighted by atomic mass is 10.2. The molecule has 1 saturated carbocycles. The summed E-state index contributed by atoms with van der Waals surface area (Å²) in [6.07, 6.45) is 2.60. The van der Waals surface area contributed by atoms with Crippen LogP contribution >= 0.6 is 15.9 Å². The molecule has 0 aromatic heterocycles. The molecule has 1 atom stereocenters. The molecule has 1 N–H and O–H groups in total. The Kier molecular flexibility index (Phi) is 4.29. The number of rotatable bonds is 6. The van der Waals surface area contributed by atoms with Crippen LogP contribution in [0.25, 0.3) is 0 Å². The van der Waals surface area contributed by atoms with Crippen LogP contribution in [0.5, 0.6) is 5.75 Å². The Morgan fingerprint density at radius 2 is 2.18 bits per heavy atom. The lowest BCUT2D eigenvalue weighted by Gasteiger charge is -2.19. The third kappa shape index (κ3) is 3.36. The van der Waals surface area contributed by atoms with E-state index in [9.17, 15) is 0 Å². The molecule has 1 aliphatic rings. The molecule has 94 valence electrons. The van der Waals surface area contributed by atoms with Gasteiger partial charge in [-0.3, -0.25) is 0 Å². The van der Waals surface area contributed by atoms with Gasteiger partial charge in [-0.2, -0.15) is 0 Å². The third-order valence-electron chi connectivity index (χ3n) is 3.04.